The van der Waals surface area contributed by atoms with E-state index in [4.69, 9.17) is 16.7 Å². The molecule has 1 N–H and O–H groups in total. The minimum Gasteiger partial charge on any atom is -0.396 e. The van der Waals surface area contributed by atoms with Gasteiger partial charge in [-0.1, -0.05) is 11.6 Å². The van der Waals surface area contributed by atoms with E-state index in [9.17, 15) is 4.79 Å². The van der Waals surface area contributed by atoms with Crippen LogP contribution in [0.4, 0.5) is 0 Å². The number of halogens is 1. The maximum atomic E-state index is 12.1. The lowest BCUT2D eigenvalue weighted by Crippen LogP contribution is -2.27. The van der Waals surface area contributed by atoms with Crippen LogP contribution in [-0.2, 0) is 0 Å². The predicted octanol–water partition coefficient (Wildman–Crippen LogP) is 2.88. The molecular weight excluding hydrogens is 250 g/mol. The molecule has 1 aromatic carbocycles. The molecule has 0 radical (unpaired) electrons. The van der Waals surface area contributed by atoms with E-state index in [1.54, 1.807) is 18.0 Å². The molecule has 1 rings (SSSR count). The van der Waals surface area contributed by atoms with Gasteiger partial charge < -0.3 is 10.0 Å². The summed E-state index contributed by atoms with van der Waals surface area (Å²) >= 11 is 5.95. The summed E-state index contributed by atoms with van der Waals surface area (Å²) < 4.78 is 0. The van der Waals surface area contributed by atoms with Crippen molar-refractivity contribution in [2.45, 2.75) is 26.2 Å². The number of hydrogen-bond donors (Lipinski definition) is 1. The third kappa shape index (κ3) is 4.67. The average Bonchev–Trinajstić information content (AvgIpc) is 2.32. The molecule has 100 valence electrons. The minimum absolute atomic E-state index is 0.00963. The Labute approximate surface area is 113 Å². The number of amides is 1. The number of unbranched alkanes of at least 4 members (excludes halogenated alkanes) is 2. The van der Waals surface area contributed by atoms with Crippen molar-refractivity contribution in [1.29, 1.82) is 0 Å². The van der Waals surface area contributed by atoms with Crippen molar-refractivity contribution in [2.75, 3.05) is 20.2 Å². The van der Waals surface area contributed by atoms with Gasteiger partial charge in [-0.05, 0) is 49.9 Å². The van der Waals surface area contributed by atoms with E-state index in [2.05, 4.69) is 0 Å². The van der Waals surface area contributed by atoms with Gasteiger partial charge >= 0.3 is 0 Å². The molecule has 0 aromatic heterocycles. The van der Waals surface area contributed by atoms with Crippen molar-refractivity contribution in [3.05, 3.63) is 34.3 Å². The van der Waals surface area contributed by atoms with E-state index in [1.165, 1.54) is 0 Å². The van der Waals surface area contributed by atoms with Gasteiger partial charge in [0.2, 0.25) is 0 Å². The Hall–Kier alpha value is -1.06. The molecule has 3 nitrogen and oxygen atoms in total. The van der Waals surface area contributed by atoms with Gasteiger partial charge in [-0.3, -0.25) is 4.79 Å². The van der Waals surface area contributed by atoms with Crippen molar-refractivity contribution in [3.63, 3.8) is 0 Å². The van der Waals surface area contributed by atoms with Crippen molar-refractivity contribution in [3.8, 4) is 0 Å². The first-order valence-electron chi connectivity index (χ1n) is 6.18. The number of nitrogens with zero attached hydrogens (tertiary/aromatic N) is 1. The van der Waals surface area contributed by atoms with Gasteiger partial charge in [0.25, 0.3) is 5.91 Å². The first-order valence-corrected chi connectivity index (χ1v) is 6.56. The van der Waals surface area contributed by atoms with Crippen LogP contribution in [0, 0.1) is 6.92 Å². The zero-order valence-corrected chi connectivity index (χ0v) is 11.7. The van der Waals surface area contributed by atoms with Gasteiger partial charge in [0.05, 0.1) is 0 Å². The molecule has 0 atom stereocenters. The Bertz CT molecular complexity index is 387. The molecule has 1 amide bonds. The fraction of sp³-hybridized carbons (Fsp3) is 0.500. The van der Waals surface area contributed by atoms with Crippen molar-refractivity contribution in [1.82, 2.24) is 4.90 Å². The van der Waals surface area contributed by atoms with Crippen LogP contribution in [0.3, 0.4) is 0 Å². The number of rotatable bonds is 6. The van der Waals surface area contributed by atoms with Crippen LogP contribution in [0.5, 0.6) is 0 Å². The topological polar surface area (TPSA) is 40.5 Å². The average molecular weight is 270 g/mol. The first-order chi connectivity index (χ1) is 8.54. The highest BCUT2D eigenvalue weighted by Gasteiger charge is 2.12. The van der Waals surface area contributed by atoms with Crippen LogP contribution in [0.15, 0.2) is 18.2 Å². The fourth-order valence-electron chi connectivity index (χ4n) is 1.82. The zero-order valence-electron chi connectivity index (χ0n) is 10.9. The molecule has 0 aliphatic rings. The predicted molar refractivity (Wildman–Crippen MR) is 74.1 cm³/mol. The van der Waals surface area contributed by atoms with Crippen molar-refractivity contribution in [2.24, 2.45) is 0 Å². The van der Waals surface area contributed by atoms with Crippen molar-refractivity contribution >= 4 is 17.5 Å². The molecule has 0 aliphatic heterocycles. The van der Waals surface area contributed by atoms with Gasteiger partial charge in [-0.2, -0.15) is 0 Å². The highest BCUT2D eigenvalue weighted by atomic mass is 35.5. The standard InChI is InChI=1S/C14H20ClNO2/c1-11-8-12(10-13(15)9-11)14(18)16(2)6-4-3-5-7-17/h8-10,17H,3-7H2,1-2H3. The van der Waals surface area contributed by atoms with Gasteiger partial charge in [0.1, 0.15) is 0 Å². The second-order valence-electron chi connectivity index (χ2n) is 4.53. The highest BCUT2D eigenvalue weighted by Crippen LogP contribution is 2.16. The lowest BCUT2D eigenvalue weighted by Gasteiger charge is -2.17. The summed E-state index contributed by atoms with van der Waals surface area (Å²) in [7, 11) is 1.79. The number of aryl methyl sites for hydroxylation is 1. The van der Waals surface area contributed by atoms with Crippen LogP contribution in [0.25, 0.3) is 0 Å². The highest BCUT2D eigenvalue weighted by molar-refractivity contribution is 6.31. The van der Waals surface area contributed by atoms with Crippen LogP contribution >= 0.6 is 11.6 Å². The molecular formula is C14H20ClNO2. The molecule has 0 heterocycles. The molecule has 0 saturated heterocycles. The smallest absolute Gasteiger partial charge is 0.253 e. The maximum Gasteiger partial charge on any atom is 0.253 e. The van der Waals surface area contributed by atoms with Gasteiger partial charge in [-0.25, -0.2) is 0 Å². The summed E-state index contributed by atoms with van der Waals surface area (Å²) in [6, 6.07) is 5.37. The van der Waals surface area contributed by atoms with E-state index in [1.807, 2.05) is 19.1 Å². The third-order valence-corrected chi connectivity index (χ3v) is 3.01. The van der Waals surface area contributed by atoms with E-state index < -0.39 is 0 Å². The number of aliphatic hydroxyl groups excluding tert-OH is 1. The van der Waals surface area contributed by atoms with Crippen LogP contribution in [-0.4, -0.2) is 36.1 Å². The van der Waals surface area contributed by atoms with E-state index in [0.29, 0.717) is 17.1 Å². The number of carbonyl (C=O) groups excluding carboxylic acids is 1. The number of aliphatic hydroxyl groups is 1. The van der Waals surface area contributed by atoms with Crippen LogP contribution < -0.4 is 0 Å². The quantitative estimate of drug-likeness (QED) is 0.807. The largest absolute Gasteiger partial charge is 0.396 e. The Balaban J connectivity index is 2.57. The molecule has 1 aromatic rings. The monoisotopic (exact) mass is 269 g/mol. The second kappa shape index (κ2) is 7.39. The van der Waals surface area contributed by atoms with E-state index in [0.717, 1.165) is 24.8 Å². The number of benzene rings is 1. The summed E-state index contributed by atoms with van der Waals surface area (Å²) in [5.74, 6) is -0.00963. The maximum absolute atomic E-state index is 12.1. The summed E-state index contributed by atoms with van der Waals surface area (Å²) in [4.78, 5) is 13.8. The molecule has 0 fully saturated rings. The summed E-state index contributed by atoms with van der Waals surface area (Å²) in [5.41, 5.74) is 1.61. The van der Waals surface area contributed by atoms with Crippen LogP contribution in [0.2, 0.25) is 5.02 Å². The Morgan fingerprint density at radius 1 is 1.28 bits per heavy atom. The lowest BCUT2D eigenvalue weighted by molar-refractivity contribution is 0.0792. The molecule has 4 heteroatoms. The molecule has 18 heavy (non-hydrogen) atoms. The fourth-order valence-corrected chi connectivity index (χ4v) is 2.11. The zero-order chi connectivity index (χ0) is 13.5. The Morgan fingerprint density at radius 2 is 2.00 bits per heavy atom. The SMILES string of the molecule is Cc1cc(Cl)cc(C(=O)N(C)CCCCCO)c1. The third-order valence-electron chi connectivity index (χ3n) is 2.79. The summed E-state index contributed by atoms with van der Waals surface area (Å²) in [5, 5.41) is 9.27. The molecule has 0 bridgehead atoms. The normalized spacial score (nSPS) is 10.4. The molecule has 0 saturated carbocycles. The van der Waals surface area contributed by atoms with Gasteiger partial charge in [0, 0.05) is 30.8 Å². The van der Waals surface area contributed by atoms with Gasteiger partial charge in [-0.15, -0.1) is 0 Å². The van der Waals surface area contributed by atoms with Crippen molar-refractivity contribution < 1.29 is 9.90 Å². The summed E-state index contributed by atoms with van der Waals surface area (Å²) in [6.07, 6.45) is 2.63. The lowest BCUT2D eigenvalue weighted by atomic mass is 10.1. The number of hydrogen-bond acceptors (Lipinski definition) is 2. The van der Waals surface area contributed by atoms with Crippen LogP contribution in [0.1, 0.15) is 35.2 Å². The molecule has 0 spiro atoms. The Morgan fingerprint density at radius 3 is 2.61 bits per heavy atom. The van der Waals surface area contributed by atoms with E-state index >= 15 is 0 Å². The molecule has 0 unspecified atom stereocenters. The summed E-state index contributed by atoms with van der Waals surface area (Å²) in [6.45, 7) is 2.83. The molecule has 0 aliphatic carbocycles. The first kappa shape index (κ1) is 15.0. The number of carbonyl (C=O) groups is 1. The second-order valence-corrected chi connectivity index (χ2v) is 4.96. The van der Waals surface area contributed by atoms with E-state index in [-0.39, 0.29) is 12.5 Å². The minimum atomic E-state index is -0.00963. The Kier molecular flexibility index (Phi) is 6.16. The van der Waals surface area contributed by atoms with Gasteiger partial charge in [0.15, 0.2) is 0 Å².